The van der Waals surface area contributed by atoms with Crippen molar-refractivity contribution in [2.45, 2.75) is 6.92 Å². The first-order valence-electron chi connectivity index (χ1n) is 6.21. The van der Waals surface area contributed by atoms with Crippen LogP contribution in [0.4, 0.5) is 0 Å². The van der Waals surface area contributed by atoms with Gasteiger partial charge in [-0.2, -0.15) is 0 Å². The fourth-order valence-electron chi connectivity index (χ4n) is 1.83. The Morgan fingerprint density at radius 2 is 1.95 bits per heavy atom. The Hall–Kier alpha value is -1.95. The van der Waals surface area contributed by atoms with Gasteiger partial charge in [-0.3, -0.25) is 9.59 Å². The minimum absolute atomic E-state index is 0.0974. The van der Waals surface area contributed by atoms with Crippen molar-refractivity contribution >= 4 is 23.5 Å². The molecule has 7 heteroatoms. The Bertz CT molecular complexity index is 546. The number of amides is 1. The van der Waals surface area contributed by atoms with Gasteiger partial charge in [0.25, 0.3) is 5.91 Å². The lowest BCUT2D eigenvalue weighted by Gasteiger charge is -2.20. The van der Waals surface area contributed by atoms with Crippen molar-refractivity contribution in [2.75, 3.05) is 27.8 Å². The quantitative estimate of drug-likeness (QED) is 0.870. The van der Waals surface area contributed by atoms with Crippen molar-refractivity contribution in [3.8, 4) is 11.5 Å². The van der Waals surface area contributed by atoms with Gasteiger partial charge in [0.1, 0.15) is 0 Å². The maximum atomic E-state index is 12.3. The van der Waals surface area contributed by atoms with Gasteiger partial charge in [-0.15, -0.1) is 0 Å². The van der Waals surface area contributed by atoms with Crippen molar-refractivity contribution in [1.82, 2.24) is 4.90 Å². The predicted molar refractivity (Wildman–Crippen MR) is 78.3 cm³/mol. The van der Waals surface area contributed by atoms with Gasteiger partial charge in [-0.05, 0) is 12.1 Å². The number of carboxylic acid groups (broad SMARTS) is 1. The molecule has 1 unspecified atom stereocenters. The molecule has 0 aromatic heterocycles. The van der Waals surface area contributed by atoms with E-state index in [9.17, 15) is 9.59 Å². The lowest BCUT2D eigenvalue weighted by atomic mass is 10.1. The number of carbonyl (C=O) groups is 2. The van der Waals surface area contributed by atoms with Crippen LogP contribution in [0.5, 0.6) is 11.5 Å². The largest absolute Gasteiger partial charge is 0.493 e. The van der Waals surface area contributed by atoms with Crippen molar-refractivity contribution in [3.63, 3.8) is 0 Å². The summed E-state index contributed by atoms with van der Waals surface area (Å²) in [5.74, 6) is -1.27. The first-order valence-corrected chi connectivity index (χ1v) is 6.59. The minimum Gasteiger partial charge on any atom is -0.493 e. The van der Waals surface area contributed by atoms with Crippen molar-refractivity contribution in [3.05, 3.63) is 22.7 Å². The van der Waals surface area contributed by atoms with Crippen LogP contribution in [0.1, 0.15) is 17.3 Å². The zero-order valence-corrected chi connectivity index (χ0v) is 13.1. The summed E-state index contributed by atoms with van der Waals surface area (Å²) in [4.78, 5) is 24.5. The third-order valence-electron chi connectivity index (χ3n) is 3.00. The highest BCUT2D eigenvalue weighted by Crippen LogP contribution is 2.36. The smallest absolute Gasteiger partial charge is 0.308 e. The van der Waals surface area contributed by atoms with E-state index >= 15 is 0 Å². The van der Waals surface area contributed by atoms with E-state index < -0.39 is 11.9 Å². The van der Waals surface area contributed by atoms with Crippen LogP contribution in [0, 0.1) is 5.92 Å². The molecule has 0 heterocycles. The summed E-state index contributed by atoms with van der Waals surface area (Å²) < 4.78 is 10.2. The maximum absolute atomic E-state index is 12.3. The molecule has 0 fully saturated rings. The first-order chi connectivity index (χ1) is 9.81. The molecule has 0 aliphatic rings. The predicted octanol–water partition coefficient (Wildman–Crippen LogP) is 2.15. The zero-order chi connectivity index (χ0) is 16.2. The highest BCUT2D eigenvalue weighted by atomic mass is 35.5. The number of nitrogens with zero attached hydrogens (tertiary/aromatic N) is 1. The van der Waals surface area contributed by atoms with Gasteiger partial charge >= 0.3 is 5.97 Å². The molecule has 116 valence electrons. The molecule has 0 saturated carbocycles. The molecule has 6 nitrogen and oxygen atoms in total. The van der Waals surface area contributed by atoms with E-state index in [-0.39, 0.29) is 17.5 Å². The summed E-state index contributed by atoms with van der Waals surface area (Å²) in [5, 5.41) is 9.13. The van der Waals surface area contributed by atoms with Crippen LogP contribution in [0.15, 0.2) is 12.1 Å². The van der Waals surface area contributed by atoms with E-state index in [0.717, 1.165) is 0 Å². The van der Waals surface area contributed by atoms with Gasteiger partial charge in [-0.25, -0.2) is 0 Å². The number of carbonyl (C=O) groups excluding carboxylic acids is 1. The van der Waals surface area contributed by atoms with Gasteiger partial charge in [0, 0.05) is 19.2 Å². The van der Waals surface area contributed by atoms with E-state index in [1.54, 1.807) is 0 Å². The average molecular weight is 316 g/mol. The Balaban J connectivity index is 3.02. The van der Waals surface area contributed by atoms with E-state index in [2.05, 4.69) is 0 Å². The summed E-state index contributed by atoms with van der Waals surface area (Å²) in [6, 6.07) is 2.97. The normalized spacial score (nSPS) is 11.7. The van der Waals surface area contributed by atoms with E-state index in [4.69, 9.17) is 26.2 Å². The van der Waals surface area contributed by atoms with Gasteiger partial charge in [0.2, 0.25) is 0 Å². The number of benzene rings is 1. The molecule has 1 aromatic rings. The van der Waals surface area contributed by atoms with Crippen molar-refractivity contribution < 1.29 is 24.2 Å². The van der Waals surface area contributed by atoms with Crippen LogP contribution in [-0.2, 0) is 4.79 Å². The fraction of sp³-hybridized carbons (Fsp3) is 0.429. The fourth-order valence-corrected chi connectivity index (χ4v) is 2.12. The summed E-state index contributed by atoms with van der Waals surface area (Å²) >= 11 is 6.05. The summed E-state index contributed by atoms with van der Waals surface area (Å²) in [6.07, 6.45) is 0. The molecule has 0 spiro atoms. The highest BCUT2D eigenvalue weighted by Gasteiger charge is 2.21. The second-order valence-corrected chi connectivity index (χ2v) is 5.03. The van der Waals surface area contributed by atoms with Crippen LogP contribution in [0.3, 0.4) is 0 Å². The molecule has 0 saturated heterocycles. The van der Waals surface area contributed by atoms with E-state index in [1.807, 2.05) is 0 Å². The SMILES string of the molecule is COc1cc(C(=O)N(C)CC(C)C(=O)O)cc(Cl)c1OC. The standard InChI is InChI=1S/C14H18ClNO5/c1-8(14(18)19)7-16(2)13(17)9-5-10(15)12(21-4)11(6-9)20-3/h5-6,8H,7H2,1-4H3,(H,18,19). The number of halogens is 1. The average Bonchev–Trinajstić information content (AvgIpc) is 2.44. The highest BCUT2D eigenvalue weighted by molar-refractivity contribution is 6.32. The second-order valence-electron chi connectivity index (χ2n) is 4.62. The monoisotopic (exact) mass is 315 g/mol. The third kappa shape index (κ3) is 4.01. The summed E-state index contributed by atoms with van der Waals surface area (Å²) in [7, 11) is 4.43. The Labute approximate surface area is 128 Å². The van der Waals surface area contributed by atoms with E-state index in [1.165, 1.54) is 45.2 Å². The van der Waals surface area contributed by atoms with Gasteiger partial charge < -0.3 is 19.5 Å². The third-order valence-corrected chi connectivity index (χ3v) is 3.28. The second kappa shape index (κ2) is 7.17. The number of hydrogen-bond acceptors (Lipinski definition) is 4. The van der Waals surface area contributed by atoms with Crippen LogP contribution in [-0.4, -0.2) is 49.7 Å². The Kier molecular flexibility index (Phi) is 5.84. The Morgan fingerprint density at radius 1 is 1.33 bits per heavy atom. The number of hydrogen-bond donors (Lipinski definition) is 1. The summed E-state index contributed by atoms with van der Waals surface area (Å²) in [5.41, 5.74) is 0.303. The topological polar surface area (TPSA) is 76.1 Å². The van der Waals surface area contributed by atoms with Crippen LogP contribution in [0.2, 0.25) is 5.02 Å². The Morgan fingerprint density at radius 3 is 2.43 bits per heavy atom. The molecule has 1 rings (SSSR count). The number of methoxy groups -OCH3 is 2. The van der Waals surface area contributed by atoms with Crippen molar-refractivity contribution in [2.24, 2.45) is 5.92 Å². The number of aliphatic carboxylic acids is 1. The molecule has 1 atom stereocenters. The van der Waals surface area contributed by atoms with Crippen LogP contribution >= 0.6 is 11.6 Å². The molecule has 1 aromatic carbocycles. The zero-order valence-electron chi connectivity index (χ0n) is 12.3. The number of rotatable bonds is 6. The van der Waals surface area contributed by atoms with Gasteiger partial charge in [0.05, 0.1) is 25.2 Å². The lowest BCUT2D eigenvalue weighted by Crippen LogP contribution is -2.33. The molecule has 0 bridgehead atoms. The molecule has 21 heavy (non-hydrogen) atoms. The molecular formula is C14H18ClNO5. The van der Waals surface area contributed by atoms with Gasteiger partial charge in [-0.1, -0.05) is 18.5 Å². The number of carboxylic acids is 1. The first kappa shape index (κ1) is 17.1. The molecular weight excluding hydrogens is 298 g/mol. The summed E-state index contributed by atoms with van der Waals surface area (Å²) in [6.45, 7) is 1.63. The molecule has 0 aliphatic heterocycles. The molecule has 1 amide bonds. The molecule has 0 aliphatic carbocycles. The van der Waals surface area contributed by atoms with E-state index in [0.29, 0.717) is 17.1 Å². The van der Waals surface area contributed by atoms with Crippen molar-refractivity contribution in [1.29, 1.82) is 0 Å². The number of ether oxygens (including phenoxy) is 2. The molecule has 1 N–H and O–H groups in total. The van der Waals surface area contributed by atoms with Crippen LogP contribution in [0.25, 0.3) is 0 Å². The maximum Gasteiger partial charge on any atom is 0.308 e. The lowest BCUT2D eigenvalue weighted by molar-refractivity contribution is -0.141. The van der Waals surface area contributed by atoms with Crippen LogP contribution < -0.4 is 9.47 Å². The minimum atomic E-state index is -0.958. The molecule has 0 radical (unpaired) electrons. The van der Waals surface area contributed by atoms with Gasteiger partial charge in [0.15, 0.2) is 11.5 Å².